The van der Waals surface area contributed by atoms with E-state index in [4.69, 9.17) is 0 Å². The van der Waals surface area contributed by atoms with Crippen molar-refractivity contribution in [1.82, 2.24) is 10.6 Å². The van der Waals surface area contributed by atoms with Crippen molar-refractivity contribution in [2.45, 2.75) is 44.6 Å². The van der Waals surface area contributed by atoms with Crippen LogP contribution < -0.4 is 10.6 Å². The SMILES string of the molecule is O=C(NC1C2C3CCC(C3)C12)C1CC12CCNCC2. The summed E-state index contributed by atoms with van der Waals surface area (Å²) in [6.45, 7) is 2.23. The second-order valence-electron chi connectivity index (χ2n) is 7.89. The maximum atomic E-state index is 12.5. The van der Waals surface area contributed by atoms with Crippen LogP contribution in [-0.4, -0.2) is 25.0 Å². The van der Waals surface area contributed by atoms with Crippen molar-refractivity contribution in [3.63, 3.8) is 0 Å². The van der Waals surface area contributed by atoms with Crippen LogP contribution in [-0.2, 0) is 4.79 Å². The molecule has 3 heteroatoms. The minimum absolute atomic E-state index is 0.355. The molecule has 3 nitrogen and oxygen atoms in total. The van der Waals surface area contributed by atoms with Gasteiger partial charge in [-0.2, -0.15) is 0 Å². The lowest BCUT2D eigenvalue weighted by molar-refractivity contribution is -0.123. The van der Waals surface area contributed by atoms with Crippen LogP contribution in [0.15, 0.2) is 0 Å². The molecular formula is C16H24N2O. The summed E-state index contributed by atoms with van der Waals surface area (Å²) >= 11 is 0. The Bertz CT molecular complexity index is 412. The van der Waals surface area contributed by atoms with Gasteiger partial charge in [-0.1, -0.05) is 0 Å². The van der Waals surface area contributed by atoms with Crippen LogP contribution in [0.1, 0.15) is 38.5 Å². The third-order valence-corrected chi connectivity index (χ3v) is 7.15. The number of fused-ring (bicyclic) bond motifs is 5. The molecule has 1 amide bonds. The van der Waals surface area contributed by atoms with Crippen molar-refractivity contribution in [3.8, 4) is 0 Å². The van der Waals surface area contributed by atoms with Crippen LogP contribution in [0.4, 0.5) is 0 Å². The third-order valence-electron chi connectivity index (χ3n) is 7.15. The number of hydrogen-bond donors (Lipinski definition) is 2. The molecule has 1 heterocycles. The molecule has 0 aromatic carbocycles. The third kappa shape index (κ3) is 1.45. The largest absolute Gasteiger partial charge is 0.353 e. The first kappa shape index (κ1) is 11.1. The maximum Gasteiger partial charge on any atom is 0.223 e. The summed E-state index contributed by atoms with van der Waals surface area (Å²) in [4.78, 5) is 12.5. The smallest absolute Gasteiger partial charge is 0.223 e. The van der Waals surface area contributed by atoms with Crippen LogP contribution in [0.2, 0.25) is 0 Å². The number of amides is 1. The molecule has 0 aromatic heterocycles. The molecule has 5 fully saturated rings. The van der Waals surface area contributed by atoms with E-state index in [9.17, 15) is 4.79 Å². The average molecular weight is 260 g/mol. The van der Waals surface area contributed by atoms with Crippen LogP contribution >= 0.6 is 0 Å². The number of carbonyl (C=O) groups is 1. The van der Waals surface area contributed by atoms with Gasteiger partial charge in [0.15, 0.2) is 0 Å². The number of piperidine rings is 1. The van der Waals surface area contributed by atoms with Gasteiger partial charge >= 0.3 is 0 Å². The van der Waals surface area contributed by atoms with Gasteiger partial charge < -0.3 is 10.6 Å². The summed E-state index contributed by atoms with van der Waals surface area (Å²) < 4.78 is 0. The lowest BCUT2D eigenvalue weighted by atomic mass is 9.91. The fourth-order valence-electron chi connectivity index (χ4n) is 5.98. The Kier molecular flexibility index (Phi) is 2.08. The summed E-state index contributed by atoms with van der Waals surface area (Å²) in [7, 11) is 0. The van der Waals surface area contributed by atoms with Crippen LogP contribution in [0, 0.1) is 35.0 Å². The van der Waals surface area contributed by atoms with E-state index in [1.165, 1.54) is 32.1 Å². The fourth-order valence-corrected chi connectivity index (χ4v) is 5.98. The second kappa shape index (κ2) is 3.55. The summed E-state index contributed by atoms with van der Waals surface area (Å²) in [5.41, 5.74) is 0.401. The van der Waals surface area contributed by atoms with E-state index >= 15 is 0 Å². The molecule has 1 saturated heterocycles. The number of hydrogen-bond acceptors (Lipinski definition) is 2. The molecule has 5 rings (SSSR count). The summed E-state index contributed by atoms with van der Waals surface area (Å²) in [6, 6.07) is 0.582. The summed E-state index contributed by atoms with van der Waals surface area (Å²) in [5, 5.41) is 6.84. The fraction of sp³-hybridized carbons (Fsp3) is 0.938. The molecule has 1 aliphatic heterocycles. The van der Waals surface area contributed by atoms with Crippen molar-refractivity contribution in [1.29, 1.82) is 0 Å². The highest BCUT2D eigenvalue weighted by Crippen LogP contribution is 2.66. The van der Waals surface area contributed by atoms with Crippen LogP contribution in [0.3, 0.4) is 0 Å². The van der Waals surface area contributed by atoms with Gasteiger partial charge in [-0.3, -0.25) is 4.79 Å². The summed E-state index contributed by atoms with van der Waals surface area (Å²) in [6.07, 6.45) is 7.95. The van der Waals surface area contributed by atoms with Gasteiger partial charge in [0.25, 0.3) is 0 Å². The lowest BCUT2D eigenvalue weighted by Crippen LogP contribution is -2.35. The normalized spacial score (nSPS) is 52.0. The Labute approximate surface area is 114 Å². The minimum Gasteiger partial charge on any atom is -0.353 e. The molecule has 0 aromatic rings. The van der Waals surface area contributed by atoms with E-state index < -0.39 is 0 Å². The van der Waals surface area contributed by atoms with Gasteiger partial charge in [-0.25, -0.2) is 0 Å². The van der Waals surface area contributed by atoms with E-state index in [2.05, 4.69) is 10.6 Å². The zero-order chi connectivity index (χ0) is 12.6. The number of carbonyl (C=O) groups excluding carboxylic acids is 1. The molecule has 4 saturated carbocycles. The monoisotopic (exact) mass is 260 g/mol. The van der Waals surface area contributed by atoms with Crippen molar-refractivity contribution in [2.75, 3.05) is 13.1 Å². The molecule has 5 aliphatic rings. The highest BCUT2D eigenvalue weighted by Gasteiger charge is 2.66. The quantitative estimate of drug-likeness (QED) is 0.790. The zero-order valence-corrected chi connectivity index (χ0v) is 11.5. The highest BCUT2D eigenvalue weighted by atomic mass is 16.2. The molecule has 1 spiro atoms. The van der Waals surface area contributed by atoms with Gasteiger partial charge in [0.1, 0.15) is 0 Å². The second-order valence-corrected chi connectivity index (χ2v) is 7.89. The predicted octanol–water partition coefficient (Wildman–Crippen LogP) is 1.54. The molecule has 5 atom stereocenters. The topological polar surface area (TPSA) is 41.1 Å². The van der Waals surface area contributed by atoms with E-state index in [1.54, 1.807) is 0 Å². The van der Waals surface area contributed by atoms with Crippen molar-refractivity contribution < 1.29 is 4.79 Å². The molecule has 2 N–H and O–H groups in total. The zero-order valence-electron chi connectivity index (χ0n) is 11.5. The molecule has 5 unspecified atom stereocenters. The van der Waals surface area contributed by atoms with Gasteiger partial charge in [-0.05, 0) is 80.7 Å². The number of nitrogens with one attached hydrogen (secondary N) is 2. The molecule has 2 bridgehead atoms. The Hall–Kier alpha value is -0.570. The van der Waals surface area contributed by atoms with Gasteiger partial charge in [0.2, 0.25) is 5.91 Å². The average Bonchev–Trinajstić information content (AvgIpc) is 3.20. The van der Waals surface area contributed by atoms with Gasteiger partial charge in [0.05, 0.1) is 0 Å². The van der Waals surface area contributed by atoms with E-state index in [0.717, 1.165) is 43.2 Å². The first-order valence-corrected chi connectivity index (χ1v) is 8.30. The minimum atomic E-state index is 0.355. The maximum absolute atomic E-state index is 12.5. The van der Waals surface area contributed by atoms with Crippen molar-refractivity contribution >= 4 is 5.91 Å². The molecular weight excluding hydrogens is 236 g/mol. The Morgan fingerprint density at radius 1 is 1.11 bits per heavy atom. The standard InChI is InChI=1S/C16H24N2O/c19-15(11-8-16(11)3-5-17-6-4-16)18-14-12-9-1-2-10(7-9)13(12)14/h9-14,17H,1-8H2,(H,18,19). The van der Waals surface area contributed by atoms with Crippen LogP contribution in [0.25, 0.3) is 0 Å². The predicted molar refractivity (Wildman–Crippen MR) is 72.4 cm³/mol. The number of rotatable bonds is 2. The van der Waals surface area contributed by atoms with Gasteiger partial charge in [-0.15, -0.1) is 0 Å². The highest BCUT2D eigenvalue weighted by molar-refractivity contribution is 5.83. The molecule has 104 valence electrons. The summed E-state index contributed by atoms with van der Waals surface area (Å²) in [5.74, 6) is 4.45. The molecule has 4 aliphatic carbocycles. The Morgan fingerprint density at radius 2 is 1.79 bits per heavy atom. The molecule has 0 radical (unpaired) electrons. The Balaban J connectivity index is 1.22. The van der Waals surface area contributed by atoms with E-state index in [-0.39, 0.29) is 0 Å². The van der Waals surface area contributed by atoms with E-state index in [0.29, 0.717) is 23.3 Å². The Morgan fingerprint density at radius 3 is 2.47 bits per heavy atom. The lowest BCUT2D eigenvalue weighted by Gasteiger charge is -2.23. The van der Waals surface area contributed by atoms with Crippen LogP contribution in [0.5, 0.6) is 0 Å². The van der Waals surface area contributed by atoms with Gasteiger partial charge in [0, 0.05) is 12.0 Å². The van der Waals surface area contributed by atoms with E-state index in [1.807, 2.05) is 0 Å². The van der Waals surface area contributed by atoms with Crippen molar-refractivity contribution in [2.24, 2.45) is 35.0 Å². The first-order chi connectivity index (χ1) is 9.28. The van der Waals surface area contributed by atoms with Crippen molar-refractivity contribution in [3.05, 3.63) is 0 Å². The molecule has 19 heavy (non-hydrogen) atoms. The first-order valence-electron chi connectivity index (χ1n) is 8.30.